The molecule has 1 aromatic heterocycles. The maximum Gasteiger partial charge on any atom is 0.127 e. The van der Waals surface area contributed by atoms with Crippen LogP contribution in [-0.2, 0) is 11.2 Å². The molecule has 0 aliphatic heterocycles. The fourth-order valence-electron chi connectivity index (χ4n) is 1.76. The van der Waals surface area contributed by atoms with Gasteiger partial charge < -0.3 is 13.9 Å². The molecule has 0 saturated heterocycles. The van der Waals surface area contributed by atoms with Crippen molar-refractivity contribution in [1.82, 2.24) is 0 Å². The quantitative estimate of drug-likeness (QED) is 0.741. The minimum atomic E-state index is -0.198. The summed E-state index contributed by atoms with van der Waals surface area (Å²) in [5.74, 6) is 1.37. The van der Waals surface area contributed by atoms with E-state index in [0.717, 1.165) is 23.4 Å². The Morgan fingerprint density at radius 3 is 2.88 bits per heavy atom. The minimum Gasteiger partial charge on any atom is -0.497 e. The van der Waals surface area contributed by atoms with E-state index in [0.29, 0.717) is 6.42 Å². The van der Waals surface area contributed by atoms with Gasteiger partial charge in [0.1, 0.15) is 17.8 Å². The summed E-state index contributed by atoms with van der Waals surface area (Å²) in [6, 6.07) is 11.2. The average Bonchev–Trinajstić information content (AvgIpc) is 2.89. The van der Waals surface area contributed by atoms with Crippen molar-refractivity contribution < 1.29 is 13.9 Å². The number of aldehydes is 1. The van der Waals surface area contributed by atoms with Crippen LogP contribution in [0, 0.1) is 0 Å². The van der Waals surface area contributed by atoms with Crippen molar-refractivity contribution in [3.63, 3.8) is 0 Å². The monoisotopic (exact) mass is 230 g/mol. The fraction of sp³-hybridized carbons (Fsp3) is 0.214. The average molecular weight is 230 g/mol. The Balaban J connectivity index is 2.19. The SMILES string of the molecule is COc1cccc(C(C=O)Cc2ccco2)c1. The Kier molecular flexibility index (Phi) is 3.60. The summed E-state index contributed by atoms with van der Waals surface area (Å²) in [5, 5.41) is 0. The van der Waals surface area contributed by atoms with Gasteiger partial charge in [-0.25, -0.2) is 0 Å². The van der Waals surface area contributed by atoms with Crippen molar-refractivity contribution in [1.29, 1.82) is 0 Å². The maximum atomic E-state index is 11.1. The number of hydrogen-bond donors (Lipinski definition) is 0. The third-order valence-electron chi connectivity index (χ3n) is 2.69. The first-order chi connectivity index (χ1) is 8.33. The van der Waals surface area contributed by atoms with Crippen LogP contribution in [-0.4, -0.2) is 13.4 Å². The highest BCUT2D eigenvalue weighted by Crippen LogP contribution is 2.23. The van der Waals surface area contributed by atoms with Crippen LogP contribution in [0.5, 0.6) is 5.75 Å². The molecule has 3 nitrogen and oxygen atoms in total. The van der Waals surface area contributed by atoms with Gasteiger partial charge in [0.25, 0.3) is 0 Å². The number of hydrogen-bond acceptors (Lipinski definition) is 3. The second kappa shape index (κ2) is 5.34. The molecule has 3 heteroatoms. The number of methoxy groups -OCH3 is 1. The van der Waals surface area contributed by atoms with Crippen LogP contribution in [0.1, 0.15) is 17.2 Å². The number of furan rings is 1. The van der Waals surface area contributed by atoms with E-state index in [1.807, 2.05) is 36.4 Å². The number of benzene rings is 1. The molecule has 1 atom stereocenters. The zero-order valence-electron chi connectivity index (χ0n) is 9.63. The Labute approximate surface area is 100 Å². The fourth-order valence-corrected chi connectivity index (χ4v) is 1.76. The number of ether oxygens (including phenoxy) is 1. The molecule has 1 heterocycles. The van der Waals surface area contributed by atoms with Crippen LogP contribution in [0.25, 0.3) is 0 Å². The molecule has 17 heavy (non-hydrogen) atoms. The van der Waals surface area contributed by atoms with Gasteiger partial charge in [0.05, 0.1) is 13.4 Å². The zero-order chi connectivity index (χ0) is 12.1. The van der Waals surface area contributed by atoms with Crippen molar-refractivity contribution >= 4 is 6.29 Å². The van der Waals surface area contributed by atoms with Crippen LogP contribution in [0.3, 0.4) is 0 Å². The molecule has 2 rings (SSSR count). The lowest BCUT2D eigenvalue weighted by atomic mass is 9.96. The van der Waals surface area contributed by atoms with Crippen LogP contribution < -0.4 is 4.74 Å². The molecule has 0 amide bonds. The first-order valence-corrected chi connectivity index (χ1v) is 5.45. The maximum absolute atomic E-state index is 11.1. The van der Waals surface area contributed by atoms with E-state index in [1.165, 1.54) is 0 Å². The second-order valence-electron chi connectivity index (χ2n) is 3.80. The van der Waals surface area contributed by atoms with Crippen LogP contribution in [0.15, 0.2) is 47.1 Å². The largest absolute Gasteiger partial charge is 0.497 e. The van der Waals surface area contributed by atoms with E-state index in [-0.39, 0.29) is 5.92 Å². The molecule has 0 saturated carbocycles. The molecule has 2 aromatic rings. The van der Waals surface area contributed by atoms with Crippen LogP contribution in [0.4, 0.5) is 0 Å². The van der Waals surface area contributed by atoms with Gasteiger partial charge in [-0.15, -0.1) is 0 Å². The predicted molar refractivity (Wildman–Crippen MR) is 64.2 cm³/mol. The third-order valence-corrected chi connectivity index (χ3v) is 2.69. The van der Waals surface area contributed by atoms with Crippen LogP contribution in [0.2, 0.25) is 0 Å². The van der Waals surface area contributed by atoms with Gasteiger partial charge in [0.15, 0.2) is 0 Å². The second-order valence-corrected chi connectivity index (χ2v) is 3.80. The van der Waals surface area contributed by atoms with Gasteiger partial charge in [-0.2, -0.15) is 0 Å². The Morgan fingerprint density at radius 1 is 1.35 bits per heavy atom. The lowest BCUT2D eigenvalue weighted by Gasteiger charge is -2.10. The summed E-state index contributed by atoms with van der Waals surface area (Å²) in [5.41, 5.74) is 0.941. The molecule has 1 aromatic carbocycles. The van der Waals surface area contributed by atoms with Gasteiger partial charge >= 0.3 is 0 Å². The van der Waals surface area contributed by atoms with Gasteiger partial charge in [-0.05, 0) is 29.8 Å². The Morgan fingerprint density at radius 2 is 2.24 bits per heavy atom. The molecular weight excluding hydrogens is 216 g/mol. The molecule has 0 fully saturated rings. The summed E-state index contributed by atoms with van der Waals surface area (Å²) in [6.45, 7) is 0. The zero-order valence-corrected chi connectivity index (χ0v) is 9.63. The van der Waals surface area contributed by atoms with E-state index in [4.69, 9.17) is 9.15 Å². The van der Waals surface area contributed by atoms with E-state index < -0.39 is 0 Å². The molecule has 0 aliphatic rings. The normalized spacial score (nSPS) is 12.1. The van der Waals surface area contributed by atoms with E-state index >= 15 is 0 Å². The summed E-state index contributed by atoms with van der Waals surface area (Å²) in [6.07, 6.45) is 3.13. The molecule has 1 unspecified atom stereocenters. The smallest absolute Gasteiger partial charge is 0.127 e. The van der Waals surface area contributed by atoms with Crippen molar-refractivity contribution in [3.8, 4) is 5.75 Å². The third kappa shape index (κ3) is 2.75. The first-order valence-electron chi connectivity index (χ1n) is 5.45. The molecule has 0 bridgehead atoms. The lowest BCUT2D eigenvalue weighted by Crippen LogP contribution is -2.04. The highest BCUT2D eigenvalue weighted by Gasteiger charge is 2.13. The summed E-state index contributed by atoms with van der Waals surface area (Å²) in [7, 11) is 1.61. The molecular formula is C14H14O3. The van der Waals surface area contributed by atoms with Crippen molar-refractivity contribution in [2.75, 3.05) is 7.11 Å². The van der Waals surface area contributed by atoms with Gasteiger partial charge in [0, 0.05) is 12.3 Å². The van der Waals surface area contributed by atoms with E-state index in [1.54, 1.807) is 13.4 Å². The Hall–Kier alpha value is -2.03. The van der Waals surface area contributed by atoms with E-state index in [9.17, 15) is 4.79 Å². The number of rotatable bonds is 5. The van der Waals surface area contributed by atoms with Gasteiger partial charge in [-0.1, -0.05) is 12.1 Å². The van der Waals surface area contributed by atoms with Crippen LogP contribution >= 0.6 is 0 Å². The van der Waals surface area contributed by atoms with Gasteiger partial charge in [-0.3, -0.25) is 0 Å². The van der Waals surface area contributed by atoms with Crippen molar-refractivity contribution in [2.45, 2.75) is 12.3 Å². The van der Waals surface area contributed by atoms with E-state index in [2.05, 4.69) is 0 Å². The highest BCUT2D eigenvalue weighted by atomic mass is 16.5. The highest BCUT2D eigenvalue weighted by molar-refractivity contribution is 5.63. The summed E-state index contributed by atoms with van der Waals surface area (Å²) in [4.78, 5) is 11.1. The molecule has 0 aliphatic carbocycles. The predicted octanol–water partition coefficient (Wildman–Crippen LogP) is 2.81. The Bertz CT molecular complexity index is 474. The molecule has 0 N–H and O–H groups in total. The molecule has 88 valence electrons. The first kappa shape index (κ1) is 11.5. The molecule has 0 spiro atoms. The topological polar surface area (TPSA) is 39.4 Å². The lowest BCUT2D eigenvalue weighted by molar-refractivity contribution is -0.109. The van der Waals surface area contributed by atoms with Crippen molar-refractivity contribution in [3.05, 3.63) is 54.0 Å². The summed E-state index contributed by atoms with van der Waals surface area (Å²) >= 11 is 0. The van der Waals surface area contributed by atoms with Gasteiger partial charge in [0.2, 0.25) is 0 Å². The number of carbonyl (C=O) groups is 1. The standard InChI is InChI=1S/C14H14O3/c1-16-13-5-2-4-11(8-13)12(10-15)9-14-6-3-7-17-14/h2-8,10,12H,9H2,1H3. The summed E-state index contributed by atoms with van der Waals surface area (Å²) < 4.78 is 10.4. The van der Waals surface area contributed by atoms with Crippen molar-refractivity contribution in [2.24, 2.45) is 0 Å². The number of carbonyl (C=O) groups excluding carboxylic acids is 1. The minimum absolute atomic E-state index is 0.198. The molecule has 0 radical (unpaired) electrons.